The Balaban J connectivity index is 2.10. The largest absolute Gasteiger partial charge is 0.383 e. The van der Waals surface area contributed by atoms with Crippen LogP contribution in [0.1, 0.15) is 5.56 Å². The first kappa shape index (κ1) is 12.6. The van der Waals surface area contributed by atoms with Crippen LogP contribution < -0.4 is 11.1 Å². The number of fused-ring (bicyclic) bond motifs is 1. The molecular formula is C17H17N3. The summed E-state index contributed by atoms with van der Waals surface area (Å²) in [6.07, 6.45) is 1.74. The summed E-state index contributed by atoms with van der Waals surface area (Å²) in [6, 6.07) is 16.8. The Bertz CT molecular complexity index is 750. The third-order valence-corrected chi connectivity index (χ3v) is 3.44. The van der Waals surface area contributed by atoms with Crippen LogP contribution >= 0.6 is 0 Å². The van der Waals surface area contributed by atoms with Gasteiger partial charge in [-0.05, 0) is 47.3 Å². The van der Waals surface area contributed by atoms with Crippen LogP contribution in [0, 0.1) is 0 Å². The molecule has 0 saturated heterocycles. The van der Waals surface area contributed by atoms with Gasteiger partial charge in [0.05, 0.1) is 0 Å². The van der Waals surface area contributed by atoms with E-state index in [0.29, 0.717) is 5.82 Å². The van der Waals surface area contributed by atoms with Crippen LogP contribution in [0.4, 0.5) is 5.82 Å². The van der Waals surface area contributed by atoms with Crippen molar-refractivity contribution in [2.75, 3.05) is 12.8 Å². The monoisotopic (exact) mass is 263 g/mol. The Morgan fingerprint density at radius 2 is 1.90 bits per heavy atom. The maximum Gasteiger partial charge on any atom is 0.131 e. The predicted molar refractivity (Wildman–Crippen MR) is 84.4 cm³/mol. The molecule has 3 rings (SSSR count). The number of nitrogens with one attached hydrogen (secondary N) is 1. The van der Waals surface area contributed by atoms with E-state index in [1.165, 1.54) is 11.1 Å². The molecule has 0 fully saturated rings. The van der Waals surface area contributed by atoms with Gasteiger partial charge >= 0.3 is 0 Å². The van der Waals surface area contributed by atoms with Crippen molar-refractivity contribution in [3.8, 4) is 11.1 Å². The molecule has 0 aliphatic carbocycles. The zero-order chi connectivity index (χ0) is 13.9. The first-order valence-electron chi connectivity index (χ1n) is 6.66. The van der Waals surface area contributed by atoms with Crippen molar-refractivity contribution in [2.24, 2.45) is 0 Å². The highest BCUT2D eigenvalue weighted by Gasteiger charge is 2.03. The van der Waals surface area contributed by atoms with Crippen LogP contribution in [0.2, 0.25) is 0 Å². The number of aromatic nitrogens is 1. The van der Waals surface area contributed by atoms with E-state index in [0.717, 1.165) is 22.9 Å². The summed E-state index contributed by atoms with van der Waals surface area (Å²) in [5, 5.41) is 5.29. The summed E-state index contributed by atoms with van der Waals surface area (Å²) in [5.41, 5.74) is 9.59. The second kappa shape index (κ2) is 5.31. The fourth-order valence-electron chi connectivity index (χ4n) is 2.44. The van der Waals surface area contributed by atoms with Gasteiger partial charge in [0.1, 0.15) is 5.82 Å². The van der Waals surface area contributed by atoms with Crippen molar-refractivity contribution < 1.29 is 0 Å². The van der Waals surface area contributed by atoms with Gasteiger partial charge in [-0.2, -0.15) is 0 Å². The van der Waals surface area contributed by atoms with Gasteiger partial charge in [0, 0.05) is 18.1 Å². The lowest BCUT2D eigenvalue weighted by molar-refractivity contribution is 0.818. The zero-order valence-corrected chi connectivity index (χ0v) is 11.4. The van der Waals surface area contributed by atoms with Gasteiger partial charge in [-0.25, -0.2) is 4.98 Å². The van der Waals surface area contributed by atoms with Gasteiger partial charge in [0.2, 0.25) is 0 Å². The van der Waals surface area contributed by atoms with Gasteiger partial charge in [-0.15, -0.1) is 0 Å². The average Bonchev–Trinajstić information content (AvgIpc) is 2.48. The Hall–Kier alpha value is -2.39. The van der Waals surface area contributed by atoms with Gasteiger partial charge in [-0.3, -0.25) is 0 Å². The van der Waals surface area contributed by atoms with Gasteiger partial charge in [-0.1, -0.05) is 30.3 Å². The van der Waals surface area contributed by atoms with Crippen LogP contribution in [-0.2, 0) is 6.54 Å². The van der Waals surface area contributed by atoms with E-state index in [1.807, 2.05) is 13.1 Å². The summed E-state index contributed by atoms with van der Waals surface area (Å²) >= 11 is 0. The molecule has 100 valence electrons. The number of benzene rings is 2. The molecule has 0 radical (unpaired) electrons. The second-order valence-corrected chi connectivity index (χ2v) is 4.86. The second-order valence-electron chi connectivity index (χ2n) is 4.86. The Labute approximate surface area is 118 Å². The standard InChI is InChI=1S/C17H17N3/c1-19-11-12-3-2-4-14(9-12)15-6-5-13-7-8-20-17(18)16(13)10-15/h2-10,19H,11H2,1H3,(H2,18,20). The molecule has 1 heterocycles. The molecule has 2 aromatic carbocycles. The van der Waals surface area contributed by atoms with E-state index < -0.39 is 0 Å². The molecule has 3 aromatic rings. The number of nitrogens with two attached hydrogens (primary N) is 1. The van der Waals surface area contributed by atoms with Crippen molar-refractivity contribution in [1.29, 1.82) is 0 Å². The minimum absolute atomic E-state index is 0.579. The van der Waals surface area contributed by atoms with Crippen LogP contribution in [0.5, 0.6) is 0 Å². The van der Waals surface area contributed by atoms with Crippen LogP contribution in [0.3, 0.4) is 0 Å². The quantitative estimate of drug-likeness (QED) is 0.763. The summed E-state index contributed by atoms with van der Waals surface area (Å²) in [5.74, 6) is 0.579. The molecule has 0 aliphatic rings. The van der Waals surface area contributed by atoms with Crippen LogP contribution in [0.15, 0.2) is 54.7 Å². The molecule has 3 N–H and O–H groups in total. The van der Waals surface area contributed by atoms with E-state index in [2.05, 4.69) is 52.8 Å². The number of nitrogens with zero attached hydrogens (tertiary/aromatic N) is 1. The van der Waals surface area contributed by atoms with Crippen molar-refractivity contribution in [1.82, 2.24) is 10.3 Å². The minimum atomic E-state index is 0.579. The fraction of sp³-hybridized carbons (Fsp3) is 0.118. The Kier molecular flexibility index (Phi) is 3.35. The number of rotatable bonds is 3. The fourth-order valence-corrected chi connectivity index (χ4v) is 2.44. The minimum Gasteiger partial charge on any atom is -0.383 e. The van der Waals surface area contributed by atoms with Gasteiger partial charge in [0.15, 0.2) is 0 Å². The van der Waals surface area contributed by atoms with Gasteiger partial charge in [0.25, 0.3) is 0 Å². The molecule has 0 aliphatic heterocycles. The lowest BCUT2D eigenvalue weighted by Crippen LogP contribution is -2.04. The smallest absolute Gasteiger partial charge is 0.131 e. The third-order valence-electron chi connectivity index (χ3n) is 3.44. The molecule has 0 saturated carbocycles. The van der Waals surface area contributed by atoms with E-state index in [9.17, 15) is 0 Å². The number of pyridine rings is 1. The highest BCUT2D eigenvalue weighted by atomic mass is 14.8. The van der Waals surface area contributed by atoms with E-state index in [4.69, 9.17) is 5.73 Å². The summed E-state index contributed by atoms with van der Waals surface area (Å²) in [7, 11) is 1.95. The third kappa shape index (κ3) is 2.36. The highest BCUT2D eigenvalue weighted by molar-refractivity contribution is 5.94. The molecule has 0 unspecified atom stereocenters. The van der Waals surface area contributed by atoms with E-state index in [-0.39, 0.29) is 0 Å². The molecule has 3 heteroatoms. The maximum atomic E-state index is 5.96. The topological polar surface area (TPSA) is 50.9 Å². The lowest BCUT2D eigenvalue weighted by atomic mass is 10.00. The number of nitrogen functional groups attached to an aromatic ring is 1. The normalized spacial score (nSPS) is 10.8. The van der Waals surface area contributed by atoms with Crippen molar-refractivity contribution in [3.05, 3.63) is 60.3 Å². The molecule has 0 bridgehead atoms. The van der Waals surface area contributed by atoms with Gasteiger partial charge < -0.3 is 11.1 Å². The van der Waals surface area contributed by atoms with Crippen molar-refractivity contribution in [2.45, 2.75) is 6.54 Å². The highest BCUT2D eigenvalue weighted by Crippen LogP contribution is 2.27. The number of anilines is 1. The van der Waals surface area contributed by atoms with Crippen molar-refractivity contribution in [3.63, 3.8) is 0 Å². The summed E-state index contributed by atoms with van der Waals surface area (Å²) < 4.78 is 0. The molecular weight excluding hydrogens is 246 g/mol. The first-order chi connectivity index (χ1) is 9.78. The first-order valence-corrected chi connectivity index (χ1v) is 6.66. The molecule has 1 aromatic heterocycles. The van der Waals surface area contributed by atoms with Crippen LogP contribution in [-0.4, -0.2) is 12.0 Å². The average molecular weight is 263 g/mol. The molecule has 3 nitrogen and oxygen atoms in total. The number of hydrogen-bond acceptors (Lipinski definition) is 3. The predicted octanol–water partition coefficient (Wildman–Crippen LogP) is 3.20. The molecule has 20 heavy (non-hydrogen) atoms. The van der Waals surface area contributed by atoms with Crippen molar-refractivity contribution >= 4 is 16.6 Å². The summed E-state index contributed by atoms with van der Waals surface area (Å²) in [6.45, 7) is 0.866. The SMILES string of the molecule is CNCc1cccc(-c2ccc3ccnc(N)c3c2)c1. The van der Waals surface area contributed by atoms with E-state index >= 15 is 0 Å². The van der Waals surface area contributed by atoms with E-state index in [1.54, 1.807) is 6.20 Å². The Morgan fingerprint density at radius 1 is 1.05 bits per heavy atom. The number of hydrogen-bond donors (Lipinski definition) is 2. The molecule has 0 atom stereocenters. The zero-order valence-electron chi connectivity index (χ0n) is 11.4. The Morgan fingerprint density at radius 3 is 2.75 bits per heavy atom. The molecule has 0 amide bonds. The maximum absolute atomic E-state index is 5.96. The summed E-state index contributed by atoms with van der Waals surface area (Å²) in [4.78, 5) is 4.16. The lowest BCUT2D eigenvalue weighted by Gasteiger charge is -2.07. The van der Waals surface area contributed by atoms with Crippen LogP contribution in [0.25, 0.3) is 21.9 Å². The molecule has 0 spiro atoms.